The van der Waals surface area contributed by atoms with E-state index in [1.165, 1.54) is 6.42 Å². The van der Waals surface area contributed by atoms with Gasteiger partial charge in [0, 0.05) is 23.1 Å². The number of benzene rings is 2. The number of ether oxygens (including phenoxy) is 1. The van der Waals surface area contributed by atoms with Gasteiger partial charge >= 0.3 is 5.97 Å². The molecule has 0 aliphatic heterocycles. The van der Waals surface area contributed by atoms with Gasteiger partial charge in [0.1, 0.15) is 5.75 Å². The average molecular weight is 385 g/mol. The molecule has 1 aliphatic carbocycles. The number of carbonyl (C=O) groups excluding carboxylic acids is 1. The third kappa shape index (κ3) is 6.27. The Morgan fingerprint density at radius 1 is 0.828 bits per heavy atom. The molecule has 0 saturated heterocycles. The number of hydrogen-bond acceptors (Lipinski definition) is 2. The van der Waals surface area contributed by atoms with Crippen LogP contribution in [-0.4, -0.2) is 5.97 Å². The third-order valence-corrected chi connectivity index (χ3v) is 5.48. The summed E-state index contributed by atoms with van der Waals surface area (Å²) in [5.41, 5.74) is 2.85. The molecule has 0 amide bonds. The quantitative estimate of drug-likeness (QED) is 0.370. The van der Waals surface area contributed by atoms with E-state index in [-0.39, 0.29) is 11.9 Å². The smallest absolute Gasteiger partial charge is 0.314 e. The molecule has 1 aliphatic rings. The van der Waals surface area contributed by atoms with Crippen molar-refractivity contribution in [2.45, 2.75) is 52.4 Å². The van der Waals surface area contributed by atoms with Crippen molar-refractivity contribution >= 4 is 5.97 Å². The van der Waals surface area contributed by atoms with Gasteiger partial charge < -0.3 is 4.74 Å². The molecule has 1 fully saturated rings. The molecule has 0 radical (unpaired) electrons. The zero-order valence-corrected chi connectivity index (χ0v) is 17.3. The number of hydrogen-bond donors (Lipinski definition) is 0. The molecular weight excluding hydrogens is 356 g/mol. The minimum Gasteiger partial charge on any atom is -0.426 e. The molecule has 0 bridgehead atoms. The Morgan fingerprint density at radius 3 is 1.86 bits per heavy atom. The highest BCUT2D eigenvalue weighted by Crippen LogP contribution is 2.31. The Balaban J connectivity index is 1.55. The molecule has 0 unspecified atom stereocenters. The fraction of sp³-hybridized carbons (Fsp3) is 0.370. The van der Waals surface area contributed by atoms with Crippen LogP contribution in [-0.2, 0) is 4.79 Å². The second-order valence-electron chi connectivity index (χ2n) is 7.55. The molecule has 148 valence electrons. The zero-order valence-electron chi connectivity index (χ0n) is 17.3. The van der Waals surface area contributed by atoms with Gasteiger partial charge in [0.15, 0.2) is 0 Å². The van der Waals surface area contributed by atoms with Crippen molar-refractivity contribution in [1.29, 1.82) is 0 Å². The third-order valence-electron chi connectivity index (χ3n) is 5.48. The lowest BCUT2D eigenvalue weighted by atomic mass is 9.81. The maximum Gasteiger partial charge on any atom is 0.314 e. The van der Waals surface area contributed by atoms with Gasteiger partial charge in [-0.3, -0.25) is 4.79 Å². The van der Waals surface area contributed by atoms with Gasteiger partial charge in [0.05, 0.1) is 5.92 Å². The molecule has 2 aromatic rings. The first-order valence-electron chi connectivity index (χ1n) is 10.6. The van der Waals surface area contributed by atoms with E-state index >= 15 is 0 Å². The number of esters is 1. The van der Waals surface area contributed by atoms with E-state index in [1.54, 1.807) is 0 Å². The van der Waals surface area contributed by atoms with Crippen LogP contribution in [0.1, 0.15) is 69.1 Å². The monoisotopic (exact) mass is 384 g/mol. The summed E-state index contributed by atoms with van der Waals surface area (Å²) < 4.78 is 5.59. The topological polar surface area (TPSA) is 26.3 Å². The molecule has 0 spiro atoms. The van der Waals surface area contributed by atoms with E-state index in [1.807, 2.05) is 55.5 Å². The van der Waals surface area contributed by atoms with E-state index in [9.17, 15) is 4.79 Å². The lowest BCUT2D eigenvalue weighted by molar-refractivity contribution is -0.140. The fourth-order valence-corrected chi connectivity index (χ4v) is 3.58. The van der Waals surface area contributed by atoms with E-state index in [2.05, 4.69) is 30.6 Å². The summed E-state index contributed by atoms with van der Waals surface area (Å²) in [6, 6.07) is 15.4. The van der Waals surface area contributed by atoms with Crippen LogP contribution >= 0.6 is 0 Å². The normalized spacial score (nSPS) is 18.0. The van der Waals surface area contributed by atoms with Crippen molar-refractivity contribution in [3.63, 3.8) is 0 Å². The van der Waals surface area contributed by atoms with Crippen LogP contribution in [0.4, 0.5) is 0 Å². The Hall–Kier alpha value is -2.97. The molecule has 0 N–H and O–H groups in total. The first kappa shape index (κ1) is 20.8. The van der Waals surface area contributed by atoms with E-state index in [0.717, 1.165) is 54.7 Å². The van der Waals surface area contributed by atoms with Crippen LogP contribution in [0.2, 0.25) is 0 Å². The highest BCUT2D eigenvalue weighted by atomic mass is 16.5. The van der Waals surface area contributed by atoms with Crippen LogP contribution in [0.3, 0.4) is 0 Å². The molecule has 2 nitrogen and oxygen atoms in total. The van der Waals surface area contributed by atoms with Gasteiger partial charge in [-0.05, 0) is 80.1 Å². The molecule has 1 saturated carbocycles. The molecule has 3 rings (SSSR count). The van der Waals surface area contributed by atoms with Crippen molar-refractivity contribution in [3.8, 4) is 29.4 Å². The Labute approximate surface area is 174 Å². The first-order chi connectivity index (χ1) is 14.2. The summed E-state index contributed by atoms with van der Waals surface area (Å²) in [6.07, 6.45) is 6.23. The van der Waals surface area contributed by atoms with Gasteiger partial charge in [-0.1, -0.05) is 44.0 Å². The SMILES string of the molecule is CCC#Cc1ccc(C#Cc2ccc(OC(=O)C3CCC(CC)CC3)cc2)cc1. The summed E-state index contributed by atoms with van der Waals surface area (Å²) in [5, 5.41) is 0. The Morgan fingerprint density at radius 2 is 1.34 bits per heavy atom. The van der Waals surface area contributed by atoms with Crippen LogP contribution in [0.5, 0.6) is 5.75 Å². The minimum atomic E-state index is -0.0929. The molecule has 2 aromatic carbocycles. The average Bonchev–Trinajstić information content (AvgIpc) is 2.78. The molecule has 29 heavy (non-hydrogen) atoms. The van der Waals surface area contributed by atoms with E-state index in [0.29, 0.717) is 5.75 Å². The second kappa shape index (κ2) is 10.5. The molecule has 2 heteroatoms. The van der Waals surface area contributed by atoms with Crippen molar-refractivity contribution < 1.29 is 9.53 Å². The van der Waals surface area contributed by atoms with Gasteiger partial charge in [-0.15, -0.1) is 0 Å². The standard InChI is InChI=1S/C27H28O2/c1-3-5-6-22-7-9-23(10-8-22)11-12-24-15-19-26(20-16-24)29-27(28)25-17-13-21(4-2)14-18-25/h7-10,15-16,19-21,25H,3-4,13-14,17-18H2,1-2H3. The van der Waals surface area contributed by atoms with Crippen molar-refractivity contribution in [3.05, 3.63) is 65.2 Å². The van der Waals surface area contributed by atoms with Gasteiger partial charge in [-0.2, -0.15) is 0 Å². The summed E-state index contributed by atoms with van der Waals surface area (Å²) in [5.74, 6) is 13.8. The zero-order chi connectivity index (χ0) is 20.5. The largest absolute Gasteiger partial charge is 0.426 e. The second-order valence-corrected chi connectivity index (χ2v) is 7.55. The summed E-state index contributed by atoms with van der Waals surface area (Å²) in [6.45, 7) is 4.27. The summed E-state index contributed by atoms with van der Waals surface area (Å²) in [7, 11) is 0. The minimum absolute atomic E-state index is 0.0438. The van der Waals surface area contributed by atoms with Crippen molar-refractivity contribution in [1.82, 2.24) is 0 Å². The molecule has 0 atom stereocenters. The van der Waals surface area contributed by atoms with Crippen molar-refractivity contribution in [2.24, 2.45) is 11.8 Å². The van der Waals surface area contributed by atoms with E-state index in [4.69, 9.17) is 4.74 Å². The van der Waals surface area contributed by atoms with Gasteiger partial charge in [0.2, 0.25) is 0 Å². The van der Waals surface area contributed by atoms with Gasteiger partial charge in [0.25, 0.3) is 0 Å². The van der Waals surface area contributed by atoms with Crippen LogP contribution in [0.15, 0.2) is 48.5 Å². The van der Waals surface area contributed by atoms with Crippen LogP contribution in [0.25, 0.3) is 0 Å². The van der Waals surface area contributed by atoms with Crippen LogP contribution < -0.4 is 4.74 Å². The predicted octanol–water partition coefficient (Wildman–Crippen LogP) is 5.97. The van der Waals surface area contributed by atoms with Gasteiger partial charge in [-0.25, -0.2) is 0 Å². The maximum absolute atomic E-state index is 12.4. The molecular formula is C27H28O2. The highest BCUT2D eigenvalue weighted by Gasteiger charge is 2.26. The first-order valence-corrected chi connectivity index (χ1v) is 10.6. The summed E-state index contributed by atoms with van der Waals surface area (Å²) >= 11 is 0. The fourth-order valence-electron chi connectivity index (χ4n) is 3.58. The molecule has 0 heterocycles. The lowest BCUT2D eigenvalue weighted by Gasteiger charge is -2.26. The lowest BCUT2D eigenvalue weighted by Crippen LogP contribution is -2.25. The Bertz CT molecular complexity index is 923. The van der Waals surface area contributed by atoms with Crippen LogP contribution in [0, 0.1) is 35.5 Å². The summed E-state index contributed by atoms with van der Waals surface area (Å²) in [4.78, 5) is 12.4. The Kier molecular flexibility index (Phi) is 7.54. The maximum atomic E-state index is 12.4. The highest BCUT2D eigenvalue weighted by molar-refractivity contribution is 5.75. The van der Waals surface area contributed by atoms with Crippen molar-refractivity contribution in [2.75, 3.05) is 0 Å². The molecule has 0 aromatic heterocycles. The number of carbonyl (C=O) groups is 1. The van der Waals surface area contributed by atoms with E-state index < -0.39 is 0 Å². The number of rotatable bonds is 3. The predicted molar refractivity (Wildman–Crippen MR) is 117 cm³/mol.